The molecule has 0 atom stereocenters. The summed E-state index contributed by atoms with van der Waals surface area (Å²) in [4.78, 5) is 18.3. The number of rotatable bonds is 11. The second-order valence-corrected chi connectivity index (χ2v) is 5.74. The minimum atomic E-state index is -0.0414. The highest BCUT2D eigenvalue weighted by atomic mass is 127. The van der Waals surface area contributed by atoms with Gasteiger partial charge in [0.1, 0.15) is 6.54 Å². The Bertz CT molecular complexity index is 510. The molecule has 0 heterocycles. The van der Waals surface area contributed by atoms with Crippen LogP contribution in [0.2, 0.25) is 0 Å². The number of guanidine groups is 1. The Labute approximate surface area is 175 Å². The Hall–Kier alpha value is -1.51. The van der Waals surface area contributed by atoms with Gasteiger partial charge in [-0.2, -0.15) is 0 Å². The molecule has 0 aliphatic rings. The van der Waals surface area contributed by atoms with Crippen molar-refractivity contribution in [2.75, 3.05) is 44.2 Å². The molecule has 1 amide bonds. The SMILES string of the molecule is CCCNC(=O)CN=C(NCC)NCCCN(CC)c1ccccc1.I. The molecule has 1 aromatic carbocycles. The number of benzene rings is 1. The van der Waals surface area contributed by atoms with E-state index in [0.717, 1.165) is 39.0 Å². The van der Waals surface area contributed by atoms with Crippen LogP contribution in [-0.4, -0.2) is 51.1 Å². The third-order valence-corrected chi connectivity index (χ3v) is 3.70. The van der Waals surface area contributed by atoms with E-state index >= 15 is 0 Å². The van der Waals surface area contributed by atoms with Crippen LogP contribution in [0.1, 0.15) is 33.6 Å². The summed E-state index contributed by atoms with van der Waals surface area (Å²) in [5.41, 5.74) is 1.25. The van der Waals surface area contributed by atoms with E-state index < -0.39 is 0 Å². The summed E-state index contributed by atoms with van der Waals surface area (Å²) in [5.74, 6) is 0.650. The average molecular weight is 475 g/mol. The van der Waals surface area contributed by atoms with Crippen molar-refractivity contribution in [2.24, 2.45) is 4.99 Å². The highest BCUT2D eigenvalue weighted by Crippen LogP contribution is 2.12. The number of hydrogen-bond acceptors (Lipinski definition) is 3. The molecule has 6 nitrogen and oxygen atoms in total. The molecule has 0 saturated heterocycles. The molecule has 1 rings (SSSR count). The zero-order chi connectivity index (χ0) is 18.3. The van der Waals surface area contributed by atoms with Gasteiger partial charge in [-0.25, -0.2) is 4.99 Å². The van der Waals surface area contributed by atoms with Gasteiger partial charge in [0.2, 0.25) is 5.91 Å². The maximum Gasteiger partial charge on any atom is 0.241 e. The van der Waals surface area contributed by atoms with E-state index in [1.165, 1.54) is 5.69 Å². The minimum absolute atomic E-state index is 0. The van der Waals surface area contributed by atoms with E-state index in [0.29, 0.717) is 12.5 Å². The number of para-hydroxylation sites is 1. The van der Waals surface area contributed by atoms with Gasteiger partial charge in [-0.15, -0.1) is 24.0 Å². The molecule has 3 N–H and O–H groups in total. The summed E-state index contributed by atoms with van der Waals surface area (Å²) >= 11 is 0. The summed E-state index contributed by atoms with van der Waals surface area (Å²) in [5, 5.41) is 9.30. The first-order valence-corrected chi connectivity index (χ1v) is 9.30. The van der Waals surface area contributed by atoms with E-state index in [1.807, 2.05) is 19.9 Å². The van der Waals surface area contributed by atoms with Crippen molar-refractivity contribution in [3.05, 3.63) is 30.3 Å². The second kappa shape index (κ2) is 15.7. The highest BCUT2D eigenvalue weighted by molar-refractivity contribution is 14.0. The van der Waals surface area contributed by atoms with Crippen LogP contribution < -0.4 is 20.9 Å². The van der Waals surface area contributed by atoms with Crippen LogP contribution in [0.25, 0.3) is 0 Å². The summed E-state index contributed by atoms with van der Waals surface area (Å²) in [7, 11) is 0. The molecule has 0 unspecified atom stereocenters. The van der Waals surface area contributed by atoms with Crippen molar-refractivity contribution in [3.8, 4) is 0 Å². The molecule has 148 valence electrons. The Morgan fingerprint density at radius 3 is 2.38 bits per heavy atom. The molecule has 26 heavy (non-hydrogen) atoms. The fourth-order valence-electron chi connectivity index (χ4n) is 2.40. The van der Waals surface area contributed by atoms with Gasteiger partial charge in [0.25, 0.3) is 0 Å². The molecule has 0 aromatic heterocycles. The largest absolute Gasteiger partial charge is 0.372 e. The topological polar surface area (TPSA) is 68.8 Å². The van der Waals surface area contributed by atoms with Gasteiger partial charge in [0.15, 0.2) is 5.96 Å². The molecule has 0 aliphatic carbocycles. The molecule has 0 radical (unpaired) electrons. The number of nitrogens with one attached hydrogen (secondary N) is 3. The van der Waals surface area contributed by atoms with Crippen molar-refractivity contribution in [1.82, 2.24) is 16.0 Å². The van der Waals surface area contributed by atoms with Crippen molar-refractivity contribution >= 4 is 41.5 Å². The second-order valence-electron chi connectivity index (χ2n) is 5.74. The summed E-state index contributed by atoms with van der Waals surface area (Å²) < 4.78 is 0. The molecule has 0 bridgehead atoms. The molecule has 0 fully saturated rings. The van der Waals surface area contributed by atoms with Gasteiger partial charge in [-0.1, -0.05) is 25.1 Å². The molecule has 0 aliphatic heterocycles. The van der Waals surface area contributed by atoms with Crippen LogP contribution >= 0.6 is 24.0 Å². The fourth-order valence-corrected chi connectivity index (χ4v) is 2.40. The van der Waals surface area contributed by atoms with E-state index in [1.54, 1.807) is 0 Å². The molecular weight excluding hydrogens is 441 g/mol. The first-order valence-electron chi connectivity index (χ1n) is 9.30. The zero-order valence-corrected chi connectivity index (χ0v) is 18.6. The lowest BCUT2D eigenvalue weighted by Gasteiger charge is -2.23. The van der Waals surface area contributed by atoms with Crippen LogP contribution in [0, 0.1) is 0 Å². The van der Waals surface area contributed by atoms with E-state index in [-0.39, 0.29) is 36.4 Å². The first-order chi connectivity index (χ1) is 12.2. The third kappa shape index (κ3) is 10.5. The molecule has 1 aromatic rings. The third-order valence-electron chi connectivity index (χ3n) is 3.70. The van der Waals surface area contributed by atoms with Gasteiger partial charge in [-0.3, -0.25) is 4.79 Å². The molecule has 0 spiro atoms. The quantitative estimate of drug-likeness (QED) is 0.199. The monoisotopic (exact) mass is 475 g/mol. The zero-order valence-electron chi connectivity index (χ0n) is 16.3. The molecule has 0 saturated carbocycles. The number of carbonyl (C=O) groups excluding carboxylic acids is 1. The van der Waals surface area contributed by atoms with Crippen LogP contribution in [0.3, 0.4) is 0 Å². The predicted octanol–water partition coefficient (Wildman–Crippen LogP) is 2.60. The van der Waals surface area contributed by atoms with Gasteiger partial charge >= 0.3 is 0 Å². The number of amides is 1. The number of nitrogens with zero attached hydrogens (tertiary/aromatic N) is 2. The van der Waals surface area contributed by atoms with Gasteiger partial charge in [-0.05, 0) is 38.8 Å². The highest BCUT2D eigenvalue weighted by Gasteiger charge is 2.04. The maximum atomic E-state index is 11.6. The van der Waals surface area contributed by atoms with E-state index in [4.69, 9.17) is 0 Å². The lowest BCUT2D eigenvalue weighted by Crippen LogP contribution is -2.39. The summed E-state index contributed by atoms with van der Waals surface area (Å²) in [6.07, 6.45) is 1.93. The number of hydrogen-bond donors (Lipinski definition) is 3. The standard InChI is InChI=1S/C19H33N5O.HI/c1-4-13-21-18(25)16-23-19(20-5-2)22-14-10-15-24(6-3)17-11-8-7-9-12-17;/h7-9,11-12H,4-6,10,13-16H2,1-3H3,(H,21,25)(H2,20,22,23);1H. The average Bonchev–Trinajstić information content (AvgIpc) is 2.65. The lowest BCUT2D eigenvalue weighted by molar-refractivity contribution is -0.119. The van der Waals surface area contributed by atoms with Gasteiger partial charge in [0.05, 0.1) is 0 Å². The Balaban J connectivity index is 0.00000625. The molecule has 7 heteroatoms. The Kier molecular flexibility index (Phi) is 14.8. The maximum absolute atomic E-state index is 11.6. The van der Waals surface area contributed by atoms with Gasteiger partial charge < -0.3 is 20.9 Å². The van der Waals surface area contributed by atoms with Crippen LogP contribution in [0.4, 0.5) is 5.69 Å². The number of aliphatic imine (C=N–C) groups is 1. The van der Waals surface area contributed by atoms with Crippen molar-refractivity contribution in [1.29, 1.82) is 0 Å². The Morgan fingerprint density at radius 1 is 1.04 bits per heavy atom. The minimum Gasteiger partial charge on any atom is -0.372 e. The number of halogens is 1. The first kappa shape index (κ1) is 24.5. The van der Waals surface area contributed by atoms with Crippen molar-refractivity contribution in [2.45, 2.75) is 33.6 Å². The van der Waals surface area contributed by atoms with Crippen LogP contribution in [0.15, 0.2) is 35.3 Å². The van der Waals surface area contributed by atoms with Gasteiger partial charge in [0, 0.05) is 38.4 Å². The molecular formula is C19H34IN5O. The van der Waals surface area contributed by atoms with Crippen molar-refractivity contribution in [3.63, 3.8) is 0 Å². The van der Waals surface area contributed by atoms with Crippen molar-refractivity contribution < 1.29 is 4.79 Å². The fraction of sp³-hybridized carbons (Fsp3) is 0.579. The lowest BCUT2D eigenvalue weighted by atomic mass is 10.2. The summed E-state index contributed by atoms with van der Waals surface area (Å²) in [6, 6.07) is 10.4. The smallest absolute Gasteiger partial charge is 0.241 e. The van der Waals surface area contributed by atoms with Crippen LogP contribution in [-0.2, 0) is 4.79 Å². The number of anilines is 1. The van der Waals surface area contributed by atoms with E-state index in [9.17, 15) is 4.79 Å². The Morgan fingerprint density at radius 2 is 1.77 bits per heavy atom. The normalized spacial score (nSPS) is 10.7. The van der Waals surface area contributed by atoms with Crippen LogP contribution in [0.5, 0.6) is 0 Å². The predicted molar refractivity (Wildman–Crippen MR) is 122 cm³/mol. The summed E-state index contributed by atoms with van der Waals surface area (Å²) in [6.45, 7) is 10.6. The van der Waals surface area contributed by atoms with E-state index in [2.05, 4.69) is 57.0 Å². The number of carbonyl (C=O) groups is 1.